The van der Waals surface area contributed by atoms with Gasteiger partial charge in [-0.15, -0.1) is 0 Å². The SMILES string of the molecule is O=[N+]([O-])CCn1c2ccccc2c2ccccc21. The molecular weight excluding hydrogens is 228 g/mol. The second-order valence-corrected chi connectivity index (χ2v) is 4.24. The zero-order valence-electron chi connectivity index (χ0n) is 9.74. The van der Waals surface area contributed by atoms with Gasteiger partial charge in [0.15, 0.2) is 0 Å². The van der Waals surface area contributed by atoms with Crippen molar-refractivity contribution in [3.8, 4) is 0 Å². The van der Waals surface area contributed by atoms with Crippen molar-refractivity contribution in [1.82, 2.24) is 4.57 Å². The van der Waals surface area contributed by atoms with E-state index in [1.165, 1.54) is 0 Å². The molecule has 4 nitrogen and oxygen atoms in total. The molecule has 4 heteroatoms. The molecule has 0 radical (unpaired) electrons. The highest BCUT2D eigenvalue weighted by atomic mass is 16.6. The molecule has 0 amide bonds. The summed E-state index contributed by atoms with van der Waals surface area (Å²) in [6.45, 7) is 0.351. The van der Waals surface area contributed by atoms with Crippen molar-refractivity contribution >= 4 is 21.8 Å². The maximum absolute atomic E-state index is 10.6. The van der Waals surface area contributed by atoms with Crippen molar-refractivity contribution in [3.63, 3.8) is 0 Å². The minimum absolute atomic E-state index is 0.0529. The summed E-state index contributed by atoms with van der Waals surface area (Å²) < 4.78 is 2.02. The van der Waals surface area contributed by atoms with Crippen molar-refractivity contribution in [2.75, 3.05) is 6.54 Å². The molecule has 3 aromatic rings. The minimum Gasteiger partial charge on any atom is -0.334 e. The van der Waals surface area contributed by atoms with Crippen molar-refractivity contribution in [3.05, 3.63) is 58.6 Å². The molecule has 0 fully saturated rings. The van der Waals surface area contributed by atoms with E-state index in [4.69, 9.17) is 0 Å². The number of nitrogens with zero attached hydrogens (tertiary/aromatic N) is 2. The standard InChI is InChI=1S/C14H12N2O2/c17-16(18)10-9-15-13-7-3-1-5-11(13)12-6-2-4-8-14(12)15/h1-8H,9-10H2. The summed E-state index contributed by atoms with van der Waals surface area (Å²) >= 11 is 0. The molecule has 0 aliphatic rings. The second-order valence-electron chi connectivity index (χ2n) is 4.24. The van der Waals surface area contributed by atoms with Gasteiger partial charge >= 0.3 is 0 Å². The third-order valence-electron chi connectivity index (χ3n) is 3.19. The van der Waals surface area contributed by atoms with Crippen LogP contribution in [0.5, 0.6) is 0 Å². The lowest BCUT2D eigenvalue weighted by atomic mass is 10.2. The summed E-state index contributed by atoms with van der Waals surface area (Å²) in [7, 11) is 0. The van der Waals surface area contributed by atoms with E-state index in [0.717, 1.165) is 21.8 Å². The Morgan fingerprint density at radius 1 is 0.944 bits per heavy atom. The number of rotatable bonds is 3. The van der Waals surface area contributed by atoms with Crippen LogP contribution in [-0.4, -0.2) is 16.0 Å². The summed E-state index contributed by atoms with van der Waals surface area (Å²) in [5.41, 5.74) is 2.11. The third-order valence-corrected chi connectivity index (χ3v) is 3.19. The van der Waals surface area contributed by atoms with Crippen LogP contribution in [0.4, 0.5) is 0 Å². The average molecular weight is 240 g/mol. The van der Waals surface area contributed by atoms with Crippen LogP contribution in [-0.2, 0) is 6.54 Å². The minimum atomic E-state index is -0.274. The Labute approximate surface area is 104 Å². The largest absolute Gasteiger partial charge is 0.334 e. The van der Waals surface area contributed by atoms with Crippen LogP contribution in [0.3, 0.4) is 0 Å². The monoisotopic (exact) mass is 240 g/mol. The molecule has 90 valence electrons. The van der Waals surface area contributed by atoms with Crippen molar-refractivity contribution in [2.45, 2.75) is 6.54 Å². The van der Waals surface area contributed by atoms with Crippen LogP contribution in [0.25, 0.3) is 21.8 Å². The number of benzene rings is 2. The molecule has 1 aromatic heterocycles. The molecule has 3 rings (SSSR count). The molecule has 18 heavy (non-hydrogen) atoms. The van der Waals surface area contributed by atoms with Gasteiger partial charge in [0.1, 0.15) is 0 Å². The molecular formula is C14H12N2O2. The summed E-state index contributed by atoms with van der Waals surface area (Å²) in [4.78, 5) is 10.3. The van der Waals surface area contributed by atoms with E-state index in [2.05, 4.69) is 12.1 Å². The van der Waals surface area contributed by atoms with Crippen molar-refractivity contribution in [1.29, 1.82) is 0 Å². The fourth-order valence-electron chi connectivity index (χ4n) is 2.43. The summed E-state index contributed by atoms with van der Waals surface area (Å²) in [6, 6.07) is 16.0. The molecule has 0 aliphatic heterocycles. The first-order valence-corrected chi connectivity index (χ1v) is 5.85. The second kappa shape index (κ2) is 4.14. The predicted molar refractivity (Wildman–Crippen MR) is 71.3 cm³/mol. The topological polar surface area (TPSA) is 48.1 Å². The maximum atomic E-state index is 10.6. The Kier molecular flexibility index (Phi) is 2.48. The number of fused-ring (bicyclic) bond motifs is 3. The summed E-state index contributed by atoms with van der Waals surface area (Å²) in [6.07, 6.45) is 0. The number of hydrogen-bond acceptors (Lipinski definition) is 2. The van der Waals surface area contributed by atoms with Gasteiger partial charge in [0, 0.05) is 26.7 Å². The van der Waals surface area contributed by atoms with E-state index >= 15 is 0 Å². The van der Waals surface area contributed by atoms with Gasteiger partial charge in [-0.25, -0.2) is 0 Å². The first kappa shape index (κ1) is 10.8. The van der Waals surface area contributed by atoms with Crippen LogP contribution < -0.4 is 0 Å². The molecule has 0 saturated heterocycles. The predicted octanol–water partition coefficient (Wildman–Crippen LogP) is 3.07. The van der Waals surface area contributed by atoms with Gasteiger partial charge in [0.25, 0.3) is 0 Å². The number of para-hydroxylation sites is 2. The molecule has 0 atom stereocenters. The Morgan fingerprint density at radius 3 is 1.94 bits per heavy atom. The number of aromatic nitrogens is 1. The van der Waals surface area contributed by atoms with Crippen LogP contribution in [0.1, 0.15) is 0 Å². The van der Waals surface area contributed by atoms with Gasteiger partial charge in [-0.2, -0.15) is 0 Å². The molecule has 2 aromatic carbocycles. The lowest BCUT2D eigenvalue weighted by Gasteiger charge is -2.03. The smallest absolute Gasteiger partial charge is 0.221 e. The fourth-order valence-corrected chi connectivity index (χ4v) is 2.43. The summed E-state index contributed by atoms with van der Waals surface area (Å²) in [5, 5.41) is 12.9. The zero-order chi connectivity index (χ0) is 12.5. The molecule has 0 unspecified atom stereocenters. The Morgan fingerprint density at radius 2 is 1.44 bits per heavy atom. The summed E-state index contributed by atoms with van der Waals surface area (Å²) in [5.74, 6) is 0. The van der Waals surface area contributed by atoms with E-state index in [1.807, 2.05) is 41.0 Å². The molecule has 0 saturated carbocycles. The molecule has 0 aliphatic carbocycles. The van der Waals surface area contributed by atoms with Crippen LogP contribution >= 0.6 is 0 Å². The van der Waals surface area contributed by atoms with Crippen molar-refractivity contribution < 1.29 is 4.92 Å². The lowest BCUT2D eigenvalue weighted by molar-refractivity contribution is -0.481. The fraction of sp³-hybridized carbons (Fsp3) is 0.143. The Balaban J connectivity index is 2.27. The first-order chi connectivity index (χ1) is 8.77. The quantitative estimate of drug-likeness (QED) is 0.521. The zero-order valence-corrected chi connectivity index (χ0v) is 9.74. The van der Waals surface area contributed by atoms with E-state index < -0.39 is 0 Å². The molecule has 0 bridgehead atoms. The normalized spacial score (nSPS) is 11.1. The maximum Gasteiger partial charge on any atom is 0.221 e. The highest BCUT2D eigenvalue weighted by molar-refractivity contribution is 6.07. The number of hydrogen-bond donors (Lipinski definition) is 0. The van der Waals surface area contributed by atoms with E-state index in [9.17, 15) is 10.1 Å². The number of nitro groups is 1. The van der Waals surface area contributed by atoms with Gasteiger partial charge in [-0.05, 0) is 12.1 Å². The van der Waals surface area contributed by atoms with Crippen molar-refractivity contribution in [2.24, 2.45) is 0 Å². The Hall–Kier alpha value is -2.36. The van der Waals surface area contributed by atoms with E-state index in [1.54, 1.807) is 0 Å². The third kappa shape index (κ3) is 1.62. The Bertz CT molecular complexity index is 678. The van der Waals surface area contributed by atoms with Gasteiger partial charge in [-0.1, -0.05) is 36.4 Å². The van der Waals surface area contributed by atoms with Gasteiger partial charge in [0.2, 0.25) is 6.54 Å². The first-order valence-electron chi connectivity index (χ1n) is 5.85. The molecule has 1 heterocycles. The van der Waals surface area contributed by atoms with Gasteiger partial charge < -0.3 is 4.57 Å². The van der Waals surface area contributed by atoms with Crippen LogP contribution in [0.15, 0.2) is 48.5 Å². The van der Waals surface area contributed by atoms with Gasteiger partial charge in [0.05, 0.1) is 6.54 Å². The van der Waals surface area contributed by atoms with E-state index in [-0.39, 0.29) is 11.5 Å². The molecule has 0 spiro atoms. The lowest BCUT2D eigenvalue weighted by Crippen LogP contribution is -2.09. The van der Waals surface area contributed by atoms with Crippen LogP contribution in [0, 0.1) is 10.1 Å². The van der Waals surface area contributed by atoms with Crippen LogP contribution in [0.2, 0.25) is 0 Å². The van der Waals surface area contributed by atoms with Gasteiger partial charge in [-0.3, -0.25) is 10.1 Å². The van der Waals surface area contributed by atoms with E-state index in [0.29, 0.717) is 6.54 Å². The highest BCUT2D eigenvalue weighted by Crippen LogP contribution is 2.28. The highest BCUT2D eigenvalue weighted by Gasteiger charge is 2.10. The molecule has 0 N–H and O–H groups in total. The average Bonchev–Trinajstić information content (AvgIpc) is 2.71.